The number of urea groups is 1. The maximum absolute atomic E-state index is 12.9. The van der Waals surface area contributed by atoms with E-state index in [4.69, 9.17) is 0 Å². The van der Waals surface area contributed by atoms with Crippen LogP contribution in [0.3, 0.4) is 0 Å². The Morgan fingerprint density at radius 3 is 1.93 bits per heavy atom. The molecule has 0 aliphatic heterocycles. The van der Waals surface area contributed by atoms with Gasteiger partial charge >= 0.3 is 12.0 Å². The van der Waals surface area contributed by atoms with Gasteiger partial charge in [-0.15, -0.1) is 0 Å². The normalized spacial score (nSPS) is 12.4. The van der Waals surface area contributed by atoms with E-state index in [0.717, 1.165) is 0 Å². The molecule has 3 rings (SSSR count). The lowest BCUT2D eigenvalue weighted by atomic mass is 10.1. The number of imidazole rings is 2. The summed E-state index contributed by atoms with van der Waals surface area (Å²) in [6.07, 6.45) is 5.20. The first kappa shape index (κ1) is 33.2. The molecule has 0 radical (unpaired) electrons. The van der Waals surface area contributed by atoms with Crippen LogP contribution >= 0.6 is 0 Å². The molecular weight excluding hydrogens is 598 g/mol. The third-order valence-corrected chi connectivity index (χ3v) is 7.63. The number of aromatic amines is 2. The van der Waals surface area contributed by atoms with Crippen LogP contribution in [-0.2, 0) is 42.0 Å². The monoisotopic (exact) mass is 631 g/mol. The van der Waals surface area contributed by atoms with Gasteiger partial charge in [-0.1, -0.05) is 18.2 Å². The number of benzene rings is 1. The lowest BCUT2D eigenvalue weighted by Gasteiger charge is -2.18. The summed E-state index contributed by atoms with van der Waals surface area (Å²) >= 11 is 0. The van der Waals surface area contributed by atoms with Crippen molar-refractivity contribution in [2.45, 2.75) is 49.6 Å². The molecule has 8 N–H and O–H groups in total. The Bertz CT molecular complexity index is 1540. The van der Waals surface area contributed by atoms with Crippen molar-refractivity contribution in [2.75, 3.05) is 13.1 Å². The molecule has 44 heavy (non-hydrogen) atoms. The molecule has 1 aromatic carbocycles. The van der Waals surface area contributed by atoms with Gasteiger partial charge < -0.3 is 36.3 Å². The largest absolute Gasteiger partial charge is 0.480 e. The Balaban J connectivity index is 1.47. The SMILES string of the molecule is Cc1ccccc1S(=O)(=O)NC(=O)NCCC(=O)N[C@@H](Cc1cnc[nH]1)C(=O)NCCC(=O)N[C@@H](Cc1cnc[nH]1)C(=O)O. The Hall–Kier alpha value is -5.26. The topological polar surface area (TPSA) is 257 Å². The second kappa shape index (κ2) is 15.8. The molecule has 0 aliphatic carbocycles. The van der Waals surface area contributed by atoms with Gasteiger partial charge in [-0.2, -0.15) is 0 Å². The molecule has 0 aliphatic rings. The number of aliphatic carboxylic acids is 1. The molecule has 17 nitrogen and oxygen atoms in total. The standard InChI is InChI=1S/C26H33N9O8S/c1-16-4-2-3-5-21(16)44(42,43)35-26(41)30-9-7-22(36)33-19(10-17-12-27-14-31-17)24(38)29-8-6-23(37)34-20(25(39)40)11-18-13-28-15-32-18/h2-5,12-15,19-20H,6-11H2,1H3,(H,27,31)(H,28,32)(H,29,38)(H,33,36)(H,34,37)(H,39,40)(H2,30,35,41)/t19-,20-/m0/s1. The number of carbonyl (C=O) groups excluding carboxylic acids is 4. The fourth-order valence-corrected chi connectivity index (χ4v) is 5.13. The van der Waals surface area contributed by atoms with Crippen LogP contribution in [0.4, 0.5) is 4.79 Å². The van der Waals surface area contributed by atoms with E-state index >= 15 is 0 Å². The Labute approximate surface area is 252 Å². The molecule has 0 saturated heterocycles. The number of nitrogens with one attached hydrogen (secondary N) is 7. The lowest BCUT2D eigenvalue weighted by Crippen LogP contribution is -2.49. The van der Waals surface area contributed by atoms with Crippen LogP contribution in [0.15, 0.2) is 54.2 Å². The zero-order valence-corrected chi connectivity index (χ0v) is 24.4. The highest BCUT2D eigenvalue weighted by Gasteiger charge is 2.24. The van der Waals surface area contributed by atoms with E-state index in [0.29, 0.717) is 17.0 Å². The maximum atomic E-state index is 12.9. The van der Waals surface area contributed by atoms with Crippen LogP contribution in [0.2, 0.25) is 0 Å². The minimum atomic E-state index is -4.12. The van der Waals surface area contributed by atoms with Gasteiger partial charge in [-0.25, -0.2) is 32.7 Å². The molecule has 3 aromatic rings. The number of carbonyl (C=O) groups is 5. The van der Waals surface area contributed by atoms with Crippen LogP contribution in [0.1, 0.15) is 29.8 Å². The van der Waals surface area contributed by atoms with Crippen molar-refractivity contribution in [1.29, 1.82) is 0 Å². The highest BCUT2D eigenvalue weighted by Crippen LogP contribution is 2.13. The third kappa shape index (κ3) is 10.5. The number of aryl methyl sites for hydroxylation is 1. The van der Waals surface area contributed by atoms with E-state index in [1.54, 1.807) is 19.1 Å². The van der Waals surface area contributed by atoms with E-state index in [1.807, 2.05) is 4.72 Å². The molecule has 18 heteroatoms. The van der Waals surface area contributed by atoms with Crippen LogP contribution in [-0.4, -0.2) is 88.4 Å². The van der Waals surface area contributed by atoms with Crippen molar-refractivity contribution in [2.24, 2.45) is 0 Å². The van der Waals surface area contributed by atoms with Gasteiger partial charge in [-0.05, 0) is 18.6 Å². The first-order valence-electron chi connectivity index (χ1n) is 13.3. The number of hydrogen-bond acceptors (Lipinski definition) is 9. The predicted octanol–water partition coefficient (Wildman–Crippen LogP) is -1.13. The average Bonchev–Trinajstić information content (AvgIpc) is 3.67. The fraction of sp³-hybridized carbons (Fsp3) is 0.346. The summed E-state index contributed by atoms with van der Waals surface area (Å²) in [6, 6.07) is 2.80. The molecule has 236 valence electrons. The molecule has 5 amide bonds. The van der Waals surface area contributed by atoms with Crippen molar-refractivity contribution >= 4 is 39.7 Å². The first-order chi connectivity index (χ1) is 20.9. The van der Waals surface area contributed by atoms with Gasteiger partial charge in [0.05, 0.1) is 17.6 Å². The molecule has 0 spiro atoms. The predicted molar refractivity (Wildman–Crippen MR) is 153 cm³/mol. The van der Waals surface area contributed by atoms with E-state index in [9.17, 15) is 37.5 Å². The van der Waals surface area contributed by atoms with Crippen molar-refractivity contribution < 1.29 is 37.5 Å². The quantitative estimate of drug-likeness (QED) is 0.0943. The van der Waals surface area contributed by atoms with E-state index in [2.05, 4.69) is 41.2 Å². The van der Waals surface area contributed by atoms with Crippen molar-refractivity contribution in [1.82, 2.24) is 45.9 Å². The number of H-pyrrole nitrogens is 2. The van der Waals surface area contributed by atoms with Crippen LogP contribution in [0, 0.1) is 6.92 Å². The summed E-state index contributed by atoms with van der Waals surface area (Å²) in [6.45, 7) is 1.21. The van der Waals surface area contributed by atoms with Crippen LogP contribution in [0.5, 0.6) is 0 Å². The van der Waals surface area contributed by atoms with E-state index < -0.39 is 51.8 Å². The fourth-order valence-electron chi connectivity index (χ4n) is 3.96. The minimum absolute atomic E-state index is 0.00918. The zero-order valence-electron chi connectivity index (χ0n) is 23.6. The summed E-state index contributed by atoms with van der Waals surface area (Å²) in [5.41, 5.74) is 1.50. The number of hydrogen-bond donors (Lipinski definition) is 8. The zero-order chi connectivity index (χ0) is 32.1. The highest BCUT2D eigenvalue weighted by molar-refractivity contribution is 7.90. The molecule has 0 bridgehead atoms. The summed E-state index contributed by atoms with van der Waals surface area (Å²) in [5, 5.41) is 19.2. The van der Waals surface area contributed by atoms with Crippen LogP contribution < -0.4 is 26.0 Å². The van der Waals surface area contributed by atoms with Gasteiger partial charge in [0.1, 0.15) is 12.1 Å². The number of nitrogens with zero attached hydrogens (tertiary/aromatic N) is 2. The number of amides is 5. The van der Waals surface area contributed by atoms with Crippen molar-refractivity contribution in [3.05, 3.63) is 66.3 Å². The molecule has 0 unspecified atom stereocenters. The smallest absolute Gasteiger partial charge is 0.328 e. The van der Waals surface area contributed by atoms with Gasteiger partial charge in [-0.3, -0.25) is 14.4 Å². The Morgan fingerprint density at radius 1 is 0.841 bits per heavy atom. The Kier molecular flexibility index (Phi) is 12.0. The van der Waals surface area contributed by atoms with Crippen molar-refractivity contribution in [3.63, 3.8) is 0 Å². The first-order valence-corrected chi connectivity index (χ1v) is 14.8. The average molecular weight is 632 g/mol. The molecule has 2 heterocycles. The van der Waals surface area contributed by atoms with Crippen LogP contribution in [0.25, 0.3) is 0 Å². The van der Waals surface area contributed by atoms with Crippen molar-refractivity contribution in [3.8, 4) is 0 Å². The molecule has 2 aromatic heterocycles. The molecule has 2 atom stereocenters. The minimum Gasteiger partial charge on any atom is -0.480 e. The lowest BCUT2D eigenvalue weighted by molar-refractivity contribution is -0.141. The van der Waals surface area contributed by atoms with Gasteiger partial charge in [0.15, 0.2) is 0 Å². The molecule has 0 fully saturated rings. The Morgan fingerprint density at radius 2 is 1.39 bits per heavy atom. The number of carboxylic acids is 1. The summed E-state index contributed by atoms with van der Waals surface area (Å²) in [5.74, 6) is -3.09. The number of aromatic nitrogens is 4. The summed E-state index contributed by atoms with van der Waals surface area (Å²) in [4.78, 5) is 74.7. The number of carboxylic acid groups (broad SMARTS) is 1. The van der Waals surface area contributed by atoms with Gasteiger partial charge in [0.25, 0.3) is 10.0 Å². The second-order valence-corrected chi connectivity index (χ2v) is 11.2. The van der Waals surface area contributed by atoms with E-state index in [-0.39, 0.29) is 43.7 Å². The summed E-state index contributed by atoms with van der Waals surface area (Å²) < 4.78 is 26.8. The van der Waals surface area contributed by atoms with Gasteiger partial charge in [0, 0.05) is 62.6 Å². The second-order valence-electron chi connectivity index (χ2n) is 9.56. The van der Waals surface area contributed by atoms with E-state index in [1.165, 1.54) is 37.2 Å². The third-order valence-electron chi connectivity index (χ3n) is 6.14. The number of sulfonamides is 1. The van der Waals surface area contributed by atoms with Gasteiger partial charge in [0.2, 0.25) is 17.7 Å². The summed E-state index contributed by atoms with van der Waals surface area (Å²) in [7, 11) is -4.12. The molecular formula is C26H33N9O8S. The molecule has 0 saturated carbocycles. The maximum Gasteiger partial charge on any atom is 0.328 e. The highest BCUT2D eigenvalue weighted by atomic mass is 32.2. The number of rotatable bonds is 16.